The van der Waals surface area contributed by atoms with Crippen LogP contribution in [0.5, 0.6) is 0 Å². The molecule has 0 aromatic rings. The van der Waals surface area contributed by atoms with Crippen LogP contribution in [-0.2, 0) is 0 Å². The van der Waals surface area contributed by atoms with Crippen molar-refractivity contribution < 1.29 is 13.2 Å². The van der Waals surface area contributed by atoms with Gasteiger partial charge in [-0.25, -0.2) is 0 Å². The zero-order valence-electron chi connectivity index (χ0n) is 13.8. The summed E-state index contributed by atoms with van der Waals surface area (Å²) in [7, 11) is 0. The maximum Gasteiger partial charge on any atom is 0.390 e. The number of hydrogen-bond donors (Lipinski definition) is 2. The molecule has 4 nitrogen and oxygen atoms in total. The molecule has 7 heteroatoms. The third kappa shape index (κ3) is 7.87. The Balaban J connectivity index is 2.40. The zero-order chi connectivity index (χ0) is 16.6. The van der Waals surface area contributed by atoms with E-state index in [1.54, 1.807) is 0 Å². The van der Waals surface area contributed by atoms with Gasteiger partial charge in [-0.15, -0.1) is 0 Å². The molecule has 1 heterocycles. The molecule has 0 aliphatic carbocycles. The molecular weight excluding hydrogens is 293 g/mol. The lowest BCUT2D eigenvalue weighted by Gasteiger charge is -2.34. The van der Waals surface area contributed by atoms with Crippen molar-refractivity contribution in [1.29, 1.82) is 0 Å². The Labute approximate surface area is 131 Å². The Bertz CT molecular complexity index is 336. The first kappa shape index (κ1) is 19.1. The minimum atomic E-state index is -4.14. The number of aliphatic imine (C=N–C) groups is 1. The normalized spacial score (nSPS) is 20.0. The molecule has 0 aromatic heterocycles. The van der Waals surface area contributed by atoms with Crippen LogP contribution >= 0.6 is 0 Å². The van der Waals surface area contributed by atoms with Crippen LogP contribution < -0.4 is 10.6 Å². The Morgan fingerprint density at radius 3 is 2.45 bits per heavy atom. The van der Waals surface area contributed by atoms with Crippen LogP contribution in [0.1, 0.15) is 40.0 Å². The largest absolute Gasteiger partial charge is 0.390 e. The van der Waals surface area contributed by atoms with E-state index in [4.69, 9.17) is 0 Å². The van der Waals surface area contributed by atoms with Gasteiger partial charge < -0.3 is 10.6 Å². The average molecular weight is 322 g/mol. The monoisotopic (exact) mass is 322 g/mol. The van der Waals surface area contributed by atoms with Gasteiger partial charge in [-0.1, -0.05) is 6.92 Å². The molecule has 1 aliphatic heterocycles. The summed E-state index contributed by atoms with van der Waals surface area (Å²) in [6, 6.07) is 0.311. The van der Waals surface area contributed by atoms with Crippen LogP contribution in [0, 0.1) is 5.92 Å². The molecule has 0 radical (unpaired) electrons. The highest BCUT2D eigenvalue weighted by atomic mass is 19.4. The smallest absolute Gasteiger partial charge is 0.357 e. The standard InChI is InChI=1S/C15H29F3N4/c1-4-19-14(20-8-7-15(16,17)18)21-11-13(3)22-9-5-12(2)6-10-22/h12-13H,4-11H2,1-3H3,(H2,19,20,21). The lowest BCUT2D eigenvalue weighted by atomic mass is 9.98. The summed E-state index contributed by atoms with van der Waals surface area (Å²) in [5.41, 5.74) is 0. The van der Waals surface area contributed by atoms with E-state index in [2.05, 4.69) is 34.4 Å². The summed E-state index contributed by atoms with van der Waals surface area (Å²) >= 11 is 0. The number of halogens is 3. The molecule has 0 amide bonds. The van der Waals surface area contributed by atoms with Crippen LogP contribution in [0.4, 0.5) is 13.2 Å². The van der Waals surface area contributed by atoms with Crippen LogP contribution in [0.25, 0.3) is 0 Å². The van der Waals surface area contributed by atoms with Crippen LogP contribution in [0.15, 0.2) is 4.99 Å². The molecule has 0 spiro atoms. The Morgan fingerprint density at radius 2 is 1.91 bits per heavy atom. The topological polar surface area (TPSA) is 39.7 Å². The van der Waals surface area contributed by atoms with Gasteiger partial charge in [-0.3, -0.25) is 9.89 Å². The first-order chi connectivity index (χ1) is 10.3. The van der Waals surface area contributed by atoms with Crippen LogP contribution in [0.3, 0.4) is 0 Å². The van der Waals surface area contributed by atoms with Crippen molar-refractivity contribution in [3.63, 3.8) is 0 Å². The van der Waals surface area contributed by atoms with Crippen molar-refractivity contribution in [2.45, 2.75) is 52.3 Å². The van der Waals surface area contributed by atoms with Gasteiger partial charge >= 0.3 is 6.18 Å². The second-order valence-electron chi connectivity index (χ2n) is 6.08. The lowest BCUT2D eigenvalue weighted by Crippen LogP contribution is -2.43. The number of hydrogen-bond acceptors (Lipinski definition) is 2. The van der Waals surface area contributed by atoms with Gasteiger partial charge in [0.15, 0.2) is 5.96 Å². The van der Waals surface area contributed by atoms with Gasteiger partial charge in [-0.05, 0) is 45.7 Å². The van der Waals surface area contributed by atoms with Crippen molar-refractivity contribution in [2.75, 3.05) is 32.7 Å². The van der Waals surface area contributed by atoms with Gasteiger partial charge in [0.05, 0.1) is 13.0 Å². The van der Waals surface area contributed by atoms with E-state index in [9.17, 15) is 13.2 Å². The van der Waals surface area contributed by atoms with Gasteiger partial charge in [0.1, 0.15) is 0 Å². The zero-order valence-corrected chi connectivity index (χ0v) is 13.8. The summed E-state index contributed by atoms with van der Waals surface area (Å²) in [6.45, 7) is 9.53. The third-order valence-corrected chi connectivity index (χ3v) is 4.00. The van der Waals surface area contributed by atoms with E-state index in [-0.39, 0.29) is 6.54 Å². The average Bonchev–Trinajstić information content (AvgIpc) is 2.44. The van der Waals surface area contributed by atoms with Gasteiger partial charge in [0.25, 0.3) is 0 Å². The molecule has 1 rings (SSSR count). The summed E-state index contributed by atoms with van der Waals surface area (Å²) in [5, 5.41) is 5.73. The van der Waals surface area contributed by atoms with E-state index in [1.807, 2.05) is 6.92 Å². The van der Waals surface area contributed by atoms with Gasteiger partial charge in [-0.2, -0.15) is 13.2 Å². The second kappa shape index (κ2) is 9.22. The molecule has 22 heavy (non-hydrogen) atoms. The molecule has 1 atom stereocenters. The fraction of sp³-hybridized carbons (Fsp3) is 0.933. The molecule has 1 fully saturated rings. The SMILES string of the molecule is CCNC(=NCC(C)N1CCC(C)CC1)NCCC(F)(F)F. The van der Waals surface area contributed by atoms with E-state index in [1.165, 1.54) is 12.8 Å². The van der Waals surface area contributed by atoms with Crippen molar-refractivity contribution >= 4 is 5.96 Å². The summed E-state index contributed by atoms with van der Waals surface area (Å²) < 4.78 is 36.5. The highest BCUT2D eigenvalue weighted by Gasteiger charge is 2.26. The molecule has 1 aliphatic rings. The predicted octanol–water partition coefficient (Wildman–Crippen LogP) is 2.61. The maximum absolute atomic E-state index is 12.2. The highest BCUT2D eigenvalue weighted by molar-refractivity contribution is 5.79. The number of nitrogens with zero attached hydrogens (tertiary/aromatic N) is 2. The molecular formula is C15H29F3N4. The minimum absolute atomic E-state index is 0.148. The summed E-state index contributed by atoms with van der Waals surface area (Å²) in [5.74, 6) is 1.25. The molecule has 1 saturated heterocycles. The Kier molecular flexibility index (Phi) is 8.00. The van der Waals surface area contributed by atoms with Crippen molar-refractivity contribution in [2.24, 2.45) is 10.9 Å². The summed E-state index contributed by atoms with van der Waals surface area (Å²) in [4.78, 5) is 6.82. The molecule has 0 bridgehead atoms. The predicted molar refractivity (Wildman–Crippen MR) is 84.1 cm³/mol. The molecule has 130 valence electrons. The van der Waals surface area contributed by atoms with E-state index in [0.29, 0.717) is 25.1 Å². The van der Waals surface area contributed by atoms with Crippen molar-refractivity contribution in [3.8, 4) is 0 Å². The van der Waals surface area contributed by atoms with Gasteiger partial charge in [0.2, 0.25) is 0 Å². The Hall–Kier alpha value is -0.980. The fourth-order valence-electron chi connectivity index (χ4n) is 2.47. The first-order valence-corrected chi connectivity index (χ1v) is 8.14. The van der Waals surface area contributed by atoms with Crippen molar-refractivity contribution in [1.82, 2.24) is 15.5 Å². The van der Waals surface area contributed by atoms with Gasteiger partial charge in [0, 0.05) is 19.1 Å². The number of alkyl halides is 3. The lowest BCUT2D eigenvalue weighted by molar-refractivity contribution is -0.132. The summed E-state index contributed by atoms with van der Waals surface area (Å²) in [6.07, 6.45) is -2.57. The first-order valence-electron chi connectivity index (χ1n) is 8.14. The number of piperidine rings is 1. The molecule has 1 unspecified atom stereocenters. The second-order valence-corrected chi connectivity index (χ2v) is 6.08. The van der Waals surface area contributed by atoms with E-state index < -0.39 is 12.6 Å². The van der Waals surface area contributed by atoms with Crippen LogP contribution in [-0.4, -0.2) is 55.8 Å². The maximum atomic E-state index is 12.2. The number of nitrogens with one attached hydrogen (secondary N) is 2. The highest BCUT2D eigenvalue weighted by Crippen LogP contribution is 2.18. The molecule has 0 saturated carbocycles. The minimum Gasteiger partial charge on any atom is -0.357 e. The number of likely N-dealkylation sites (tertiary alicyclic amines) is 1. The third-order valence-electron chi connectivity index (χ3n) is 4.00. The van der Waals surface area contributed by atoms with Crippen LogP contribution in [0.2, 0.25) is 0 Å². The van der Waals surface area contributed by atoms with E-state index >= 15 is 0 Å². The quantitative estimate of drug-likeness (QED) is 0.583. The number of rotatable bonds is 6. The molecule has 2 N–H and O–H groups in total. The number of guanidine groups is 1. The van der Waals surface area contributed by atoms with Crippen molar-refractivity contribution in [3.05, 3.63) is 0 Å². The van der Waals surface area contributed by atoms with E-state index in [0.717, 1.165) is 19.0 Å². The molecule has 0 aromatic carbocycles. The Morgan fingerprint density at radius 1 is 1.27 bits per heavy atom. The fourth-order valence-corrected chi connectivity index (χ4v) is 2.47.